The maximum Gasteiger partial charge on any atom is 0.141 e. The Kier molecular flexibility index (Phi) is 2.73. The zero-order valence-corrected chi connectivity index (χ0v) is 8.15. The van der Waals surface area contributed by atoms with Crippen LogP contribution >= 0.6 is 0 Å². The Hall–Kier alpha value is -2.50. The van der Waals surface area contributed by atoms with Crippen molar-refractivity contribution in [1.82, 2.24) is 14.9 Å². The Morgan fingerprint density at radius 3 is 2.69 bits per heavy atom. The molecule has 0 N–H and O–H groups in total. The number of hydrogen-bond donors (Lipinski definition) is 0. The molecule has 0 bridgehead atoms. The van der Waals surface area contributed by atoms with Crippen LogP contribution < -0.4 is 5.11 Å². The van der Waals surface area contributed by atoms with Crippen molar-refractivity contribution in [3.05, 3.63) is 48.0 Å². The topological polar surface area (TPSA) is 83.2 Å². The number of aromatic carboxylic acids is 1. The zero-order valence-electron chi connectivity index (χ0n) is 8.15. The fourth-order valence-electron chi connectivity index (χ4n) is 1.18. The molecule has 6 heteroatoms. The van der Waals surface area contributed by atoms with E-state index in [9.17, 15) is 9.90 Å². The normalized spacial score (nSPS) is 10.8. The monoisotopic (exact) mass is 215 g/mol. The molecule has 1 heterocycles. The zero-order chi connectivity index (χ0) is 11.4. The van der Waals surface area contributed by atoms with Gasteiger partial charge >= 0.3 is 0 Å². The van der Waals surface area contributed by atoms with Gasteiger partial charge in [-0.1, -0.05) is 24.3 Å². The van der Waals surface area contributed by atoms with E-state index in [0.717, 1.165) is 0 Å². The highest BCUT2D eigenvalue weighted by atomic mass is 16.4. The van der Waals surface area contributed by atoms with Crippen molar-refractivity contribution in [2.24, 2.45) is 5.10 Å². The highest BCUT2D eigenvalue weighted by Crippen LogP contribution is 2.04. The van der Waals surface area contributed by atoms with Gasteiger partial charge in [-0.05, 0) is 0 Å². The molecular weight excluding hydrogens is 208 g/mol. The summed E-state index contributed by atoms with van der Waals surface area (Å²) in [5.74, 6) is -1.23. The van der Waals surface area contributed by atoms with Gasteiger partial charge in [-0.25, -0.2) is 4.68 Å². The van der Waals surface area contributed by atoms with Gasteiger partial charge in [0, 0.05) is 11.1 Å². The number of aromatic nitrogens is 3. The molecule has 0 spiro atoms. The van der Waals surface area contributed by atoms with Gasteiger partial charge in [-0.2, -0.15) is 5.10 Å². The van der Waals surface area contributed by atoms with E-state index in [4.69, 9.17) is 0 Å². The molecule has 80 valence electrons. The summed E-state index contributed by atoms with van der Waals surface area (Å²) >= 11 is 0. The first kappa shape index (κ1) is 10.0. The number of carbonyl (C=O) groups excluding carboxylic acids is 1. The van der Waals surface area contributed by atoms with Gasteiger partial charge < -0.3 is 9.90 Å². The molecule has 16 heavy (non-hydrogen) atoms. The van der Waals surface area contributed by atoms with E-state index in [1.807, 2.05) is 0 Å². The quantitative estimate of drug-likeness (QED) is 0.647. The van der Waals surface area contributed by atoms with E-state index in [-0.39, 0.29) is 5.56 Å². The number of hydrogen-bond acceptors (Lipinski definition) is 5. The second-order valence-electron chi connectivity index (χ2n) is 2.96. The van der Waals surface area contributed by atoms with Crippen LogP contribution in [0.4, 0.5) is 0 Å². The minimum Gasteiger partial charge on any atom is -0.545 e. The Labute approximate surface area is 90.9 Å². The van der Waals surface area contributed by atoms with E-state index in [0.29, 0.717) is 5.56 Å². The summed E-state index contributed by atoms with van der Waals surface area (Å²) in [5.41, 5.74) is 0.565. The molecule has 0 aliphatic heterocycles. The molecule has 0 aliphatic carbocycles. The lowest BCUT2D eigenvalue weighted by atomic mass is 10.1. The molecule has 0 saturated carbocycles. The number of benzene rings is 1. The van der Waals surface area contributed by atoms with Gasteiger partial charge in [0.15, 0.2) is 0 Å². The smallest absolute Gasteiger partial charge is 0.141 e. The van der Waals surface area contributed by atoms with Crippen LogP contribution in [-0.4, -0.2) is 27.1 Å². The molecule has 6 nitrogen and oxygen atoms in total. The number of nitrogens with zero attached hydrogens (tertiary/aromatic N) is 4. The molecule has 0 unspecified atom stereocenters. The average Bonchev–Trinajstić information content (AvgIpc) is 2.79. The number of carboxylic acids is 1. The molecule has 1 aromatic heterocycles. The van der Waals surface area contributed by atoms with Crippen molar-refractivity contribution < 1.29 is 9.90 Å². The first-order valence-corrected chi connectivity index (χ1v) is 4.47. The maximum absolute atomic E-state index is 10.8. The summed E-state index contributed by atoms with van der Waals surface area (Å²) in [6.07, 6.45) is 4.21. The van der Waals surface area contributed by atoms with Crippen LogP contribution in [0.25, 0.3) is 0 Å². The molecule has 1 aromatic carbocycles. The summed E-state index contributed by atoms with van der Waals surface area (Å²) < 4.78 is 1.37. The van der Waals surface area contributed by atoms with Crippen LogP contribution in [0.1, 0.15) is 15.9 Å². The van der Waals surface area contributed by atoms with Crippen molar-refractivity contribution in [3.63, 3.8) is 0 Å². The summed E-state index contributed by atoms with van der Waals surface area (Å²) in [4.78, 5) is 10.8. The Morgan fingerprint density at radius 2 is 2.00 bits per heavy atom. The van der Waals surface area contributed by atoms with E-state index < -0.39 is 5.97 Å². The van der Waals surface area contributed by atoms with E-state index in [2.05, 4.69) is 15.3 Å². The fraction of sp³-hybridized carbons (Fsp3) is 0. The van der Waals surface area contributed by atoms with Crippen molar-refractivity contribution in [1.29, 1.82) is 0 Å². The van der Waals surface area contributed by atoms with Crippen molar-refractivity contribution in [2.45, 2.75) is 0 Å². The van der Waals surface area contributed by atoms with E-state index >= 15 is 0 Å². The number of carboxylic acid groups (broad SMARTS) is 1. The Morgan fingerprint density at radius 1 is 1.31 bits per heavy atom. The van der Waals surface area contributed by atoms with Crippen LogP contribution in [0.2, 0.25) is 0 Å². The van der Waals surface area contributed by atoms with Gasteiger partial charge in [0.2, 0.25) is 0 Å². The van der Waals surface area contributed by atoms with Gasteiger partial charge in [0.1, 0.15) is 12.7 Å². The first-order valence-electron chi connectivity index (χ1n) is 4.47. The van der Waals surface area contributed by atoms with E-state index in [1.165, 1.54) is 29.6 Å². The maximum atomic E-state index is 10.8. The van der Waals surface area contributed by atoms with Crippen LogP contribution in [-0.2, 0) is 0 Å². The molecular formula is C10H7N4O2-. The fourth-order valence-corrected chi connectivity index (χ4v) is 1.18. The predicted octanol–water partition coefficient (Wildman–Crippen LogP) is -0.476. The molecule has 2 rings (SSSR count). The Balaban J connectivity index is 2.31. The van der Waals surface area contributed by atoms with Crippen molar-refractivity contribution in [2.75, 3.05) is 0 Å². The third kappa shape index (κ3) is 2.11. The van der Waals surface area contributed by atoms with Crippen molar-refractivity contribution in [3.8, 4) is 0 Å². The minimum absolute atomic E-state index is 0.0966. The molecule has 2 aromatic rings. The highest BCUT2D eigenvalue weighted by molar-refractivity contribution is 5.97. The lowest BCUT2D eigenvalue weighted by Gasteiger charge is -2.05. The average molecular weight is 215 g/mol. The third-order valence-electron chi connectivity index (χ3n) is 1.92. The molecule has 0 atom stereocenters. The van der Waals surface area contributed by atoms with E-state index in [1.54, 1.807) is 18.2 Å². The largest absolute Gasteiger partial charge is 0.545 e. The second-order valence-corrected chi connectivity index (χ2v) is 2.96. The van der Waals surface area contributed by atoms with Crippen LogP contribution in [0.5, 0.6) is 0 Å². The highest BCUT2D eigenvalue weighted by Gasteiger charge is 1.99. The summed E-state index contributed by atoms with van der Waals surface area (Å²) in [6, 6.07) is 6.45. The van der Waals surface area contributed by atoms with Gasteiger partial charge in [0.25, 0.3) is 0 Å². The van der Waals surface area contributed by atoms with Gasteiger partial charge in [-0.15, -0.1) is 10.2 Å². The van der Waals surface area contributed by atoms with Crippen LogP contribution in [0.3, 0.4) is 0 Å². The number of rotatable bonds is 3. The second kappa shape index (κ2) is 4.35. The lowest BCUT2D eigenvalue weighted by Crippen LogP contribution is -2.23. The molecule has 0 aliphatic rings. The summed E-state index contributed by atoms with van der Waals surface area (Å²) in [7, 11) is 0. The number of carbonyl (C=O) groups is 1. The van der Waals surface area contributed by atoms with Crippen molar-refractivity contribution >= 4 is 12.2 Å². The summed E-state index contributed by atoms with van der Waals surface area (Å²) in [5, 5.41) is 21.9. The lowest BCUT2D eigenvalue weighted by molar-refractivity contribution is -0.255. The molecule has 0 radical (unpaired) electrons. The predicted molar refractivity (Wildman–Crippen MR) is 53.8 cm³/mol. The first-order chi connectivity index (χ1) is 7.77. The molecule has 0 amide bonds. The minimum atomic E-state index is -1.23. The third-order valence-corrected chi connectivity index (χ3v) is 1.92. The van der Waals surface area contributed by atoms with Gasteiger partial charge in [0.05, 0.1) is 12.2 Å². The van der Waals surface area contributed by atoms with Crippen LogP contribution in [0, 0.1) is 0 Å². The molecule has 0 saturated heterocycles. The summed E-state index contributed by atoms with van der Waals surface area (Å²) in [6.45, 7) is 0. The van der Waals surface area contributed by atoms with Crippen LogP contribution in [0.15, 0.2) is 42.0 Å². The Bertz CT molecular complexity index is 519. The standard InChI is InChI=1S/C10H8N4O2/c15-10(16)9-4-2-1-3-8(9)5-13-14-6-11-12-7-14/h1-7H,(H,15,16)/p-1/b13-5-. The molecule has 0 fully saturated rings. The van der Waals surface area contributed by atoms with Gasteiger partial charge in [-0.3, -0.25) is 0 Å². The SMILES string of the molecule is O=C([O-])c1ccccc1/C=N\n1cnnc1.